The Kier molecular flexibility index (Phi) is 10.5. The molecule has 4 atom stereocenters. The lowest BCUT2D eigenvalue weighted by atomic mass is 10.0. The molecule has 1 aliphatic rings. The molecule has 1 unspecified atom stereocenters. The fourth-order valence-corrected chi connectivity index (χ4v) is 4.25. The number of methoxy groups -OCH3 is 1. The highest BCUT2D eigenvalue weighted by Gasteiger charge is 2.27. The molecule has 0 N–H and O–H groups in total. The van der Waals surface area contributed by atoms with Crippen molar-refractivity contribution in [3.63, 3.8) is 0 Å². The van der Waals surface area contributed by atoms with E-state index < -0.39 is 12.2 Å². The van der Waals surface area contributed by atoms with Crippen LogP contribution in [-0.4, -0.2) is 37.5 Å². The maximum Gasteiger partial charge on any atom is 0.306 e. The largest absolute Gasteiger partial charge is 0.497 e. The summed E-state index contributed by atoms with van der Waals surface area (Å²) >= 11 is 0. The second kappa shape index (κ2) is 14.5. The quantitative estimate of drug-likeness (QED) is 0.242. The predicted molar refractivity (Wildman–Crippen MR) is 146 cm³/mol. The molecule has 0 saturated heterocycles. The second-order valence-electron chi connectivity index (χ2n) is 9.34. The number of rotatable bonds is 10. The summed E-state index contributed by atoms with van der Waals surface area (Å²) < 4.78 is 29.9. The van der Waals surface area contributed by atoms with Crippen molar-refractivity contribution < 1.29 is 28.5 Å². The van der Waals surface area contributed by atoms with Crippen LogP contribution in [0.4, 0.5) is 0 Å². The van der Waals surface area contributed by atoms with Crippen LogP contribution in [-0.2, 0) is 43.6 Å². The number of hydrogen-bond acceptors (Lipinski definition) is 6. The molecule has 1 aliphatic heterocycles. The minimum absolute atomic E-state index is 0.230. The van der Waals surface area contributed by atoms with Crippen LogP contribution in [0.2, 0.25) is 0 Å². The number of carbonyl (C=O) groups is 1. The van der Waals surface area contributed by atoms with Gasteiger partial charge >= 0.3 is 5.97 Å². The van der Waals surface area contributed by atoms with Crippen molar-refractivity contribution in [3.05, 3.63) is 114 Å². The maximum atomic E-state index is 12.7. The molecule has 200 valence electrons. The van der Waals surface area contributed by atoms with Gasteiger partial charge in [-0.05, 0) is 42.2 Å². The molecular formula is C32H36O6. The number of cyclic esters (lactones) is 1. The first-order valence-electron chi connectivity index (χ1n) is 13.0. The van der Waals surface area contributed by atoms with Crippen molar-refractivity contribution in [1.29, 1.82) is 0 Å². The zero-order valence-electron chi connectivity index (χ0n) is 22.0. The van der Waals surface area contributed by atoms with Crippen molar-refractivity contribution in [1.82, 2.24) is 0 Å². The molecule has 1 heterocycles. The van der Waals surface area contributed by atoms with E-state index in [1.165, 1.54) is 0 Å². The van der Waals surface area contributed by atoms with Gasteiger partial charge in [-0.1, -0.05) is 84.9 Å². The summed E-state index contributed by atoms with van der Waals surface area (Å²) in [4.78, 5) is 12.7. The van der Waals surface area contributed by atoms with Crippen molar-refractivity contribution >= 4 is 5.97 Å². The predicted octanol–water partition coefficient (Wildman–Crippen LogP) is 6.03. The van der Waals surface area contributed by atoms with Crippen LogP contribution in [0.5, 0.6) is 5.75 Å². The Bertz CT molecular complexity index is 1130. The number of hydrogen-bond donors (Lipinski definition) is 0. The summed E-state index contributed by atoms with van der Waals surface area (Å²) in [6.07, 6.45) is 3.04. The third-order valence-electron chi connectivity index (χ3n) is 6.46. The zero-order valence-corrected chi connectivity index (χ0v) is 22.0. The molecule has 0 aromatic heterocycles. The Balaban J connectivity index is 1.51. The number of esters is 1. The standard InChI is InChI=1S/C32H36O6/c1-24-29(35-23-27-13-15-28(34-2)16-14-27)17-18-30(36-21-25-9-5-3-6-10-25)31(19-20-32(33)38-24)37-22-26-11-7-4-8-12-26/h3-18,24,29-31H,19-23H2,1-2H3/t24-,29+,30-,31?/m1/s1. The van der Waals surface area contributed by atoms with E-state index in [4.69, 9.17) is 23.7 Å². The van der Waals surface area contributed by atoms with Gasteiger partial charge in [0.15, 0.2) is 0 Å². The van der Waals surface area contributed by atoms with E-state index in [0.29, 0.717) is 26.2 Å². The molecular weight excluding hydrogens is 480 g/mol. The second-order valence-corrected chi connectivity index (χ2v) is 9.34. The van der Waals surface area contributed by atoms with E-state index in [1.54, 1.807) is 7.11 Å². The maximum absolute atomic E-state index is 12.7. The van der Waals surface area contributed by atoms with E-state index >= 15 is 0 Å². The average molecular weight is 517 g/mol. The Morgan fingerprint density at radius 2 is 1.24 bits per heavy atom. The Labute approximate surface area is 225 Å². The lowest BCUT2D eigenvalue weighted by Gasteiger charge is -2.29. The molecule has 0 aliphatic carbocycles. The minimum Gasteiger partial charge on any atom is -0.497 e. The van der Waals surface area contributed by atoms with Crippen molar-refractivity contribution in [2.75, 3.05) is 7.11 Å². The normalized spacial score (nSPS) is 22.0. The molecule has 0 spiro atoms. The summed E-state index contributed by atoms with van der Waals surface area (Å²) in [6.45, 7) is 3.07. The SMILES string of the molecule is COc1ccc(CO[C@H]2C=C[C@@H](OCc3ccccc3)C(OCc3ccccc3)CCC(=O)O[C@@H]2C)cc1. The molecule has 0 radical (unpaired) electrons. The highest BCUT2D eigenvalue weighted by molar-refractivity contribution is 5.69. The van der Waals surface area contributed by atoms with Crippen LogP contribution < -0.4 is 4.74 Å². The summed E-state index contributed by atoms with van der Waals surface area (Å²) in [7, 11) is 1.64. The molecule has 6 nitrogen and oxygen atoms in total. The highest BCUT2D eigenvalue weighted by atomic mass is 16.6. The molecule has 3 aromatic rings. The van der Waals surface area contributed by atoms with Gasteiger partial charge < -0.3 is 23.7 Å². The summed E-state index contributed by atoms with van der Waals surface area (Å²) in [6, 6.07) is 27.7. The Morgan fingerprint density at radius 1 is 0.711 bits per heavy atom. The smallest absolute Gasteiger partial charge is 0.306 e. The Morgan fingerprint density at radius 3 is 1.84 bits per heavy atom. The fourth-order valence-electron chi connectivity index (χ4n) is 4.25. The van der Waals surface area contributed by atoms with Gasteiger partial charge in [0.1, 0.15) is 24.1 Å². The lowest BCUT2D eigenvalue weighted by Crippen LogP contribution is -2.35. The summed E-state index contributed by atoms with van der Waals surface area (Å²) in [5.41, 5.74) is 3.13. The van der Waals surface area contributed by atoms with Crippen molar-refractivity contribution in [2.24, 2.45) is 0 Å². The van der Waals surface area contributed by atoms with Crippen LogP contribution in [0.25, 0.3) is 0 Å². The van der Waals surface area contributed by atoms with Crippen LogP contribution in [0.15, 0.2) is 97.1 Å². The van der Waals surface area contributed by atoms with E-state index in [2.05, 4.69) is 0 Å². The van der Waals surface area contributed by atoms with E-state index in [0.717, 1.165) is 22.4 Å². The van der Waals surface area contributed by atoms with Gasteiger partial charge in [0.2, 0.25) is 0 Å². The molecule has 38 heavy (non-hydrogen) atoms. The van der Waals surface area contributed by atoms with Gasteiger partial charge in [-0.2, -0.15) is 0 Å². The molecule has 6 heteroatoms. The molecule has 0 saturated carbocycles. The monoisotopic (exact) mass is 516 g/mol. The first kappa shape index (κ1) is 27.6. The molecule has 4 rings (SSSR count). The van der Waals surface area contributed by atoms with Crippen LogP contribution in [0.3, 0.4) is 0 Å². The first-order chi connectivity index (χ1) is 18.6. The van der Waals surface area contributed by atoms with E-state index in [1.807, 2.05) is 104 Å². The topological polar surface area (TPSA) is 63.2 Å². The average Bonchev–Trinajstić information content (AvgIpc) is 2.96. The number of benzene rings is 3. The minimum atomic E-state index is -0.450. The van der Waals surface area contributed by atoms with E-state index in [9.17, 15) is 4.79 Å². The lowest BCUT2D eigenvalue weighted by molar-refractivity contribution is -0.156. The fraction of sp³-hybridized carbons (Fsp3) is 0.344. The molecule has 3 aromatic carbocycles. The zero-order chi connectivity index (χ0) is 26.6. The van der Waals surface area contributed by atoms with Gasteiger partial charge in [-0.15, -0.1) is 0 Å². The van der Waals surface area contributed by atoms with Crippen molar-refractivity contribution in [3.8, 4) is 5.75 Å². The highest BCUT2D eigenvalue weighted by Crippen LogP contribution is 2.22. The summed E-state index contributed by atoms with van der Waals surface area (Å²) in [5, 5.41) is 0. The van der Waals surface area contributed by atoms with Crippen LogP contribution in [0.1, 0.15) is 36.5 Å². The third kappa shape index (κ3) is 8.55. The molecule has 0 bridgehead atoms. The van der Waals surface area contributed by atoms with Gasteiger partial charge in [0.25, 0.3) is 0 Å². The Hall–Kier alpha value is -3.45. The van der Waals surface area contributed by atoms with E-state index in [-0.39, 0.29) is 24.6 Å². The molecule has 0 fully saturated rings. The van der Waals surface area contributed by atoms with Gasteiger partial charge in [0, 0.05) is 6.42 Å². The number of ether oxygens (including phenoxy) is 5. The van der Waals surface area contributed by atoms with Gasteiger partial charge in [0.05, 0.1) is 33.0 Å². The summed E-state index contributed by atoms with van der Waals surface area (Å²) in [5.74, 6) is 0.510. The van der Waals surface area contributed by atoms with Gasteiger partial charge in [-0.25, -0.2) is 0 Å². The van der Waals surface area contributed by atoms with Gasteiger partial charge in [-0.3, -0.25) is 4.79 Å². The number of carbonyl (C=O) groups excluding carboxylic acids is 1. The first-order valence-corrected chi connectivity index (χ1v) is 13.0. The van der Waals surface area contributed by atoms with Crippen molar-refractivity contribution in [2.45, 2.75) is 64.0 Å². The van der Waals surface area contributed by atoms with Crippen LogP contribution in [0, 0.1) is 0 Å². The molecule has 0 amide bonds. The third-order valence-corrected chi connectivity index (χ3v) is 6.46. The van der Waals surface area contributed by atoms with Crippen LogP contribution >= 0.6 is 0 Å².